The van der Waals surface area contributed by atoms with Gasteiger partial charge in [-0.05, 0) is 25.9 Å². The van der Waals surface area contributed by atoms with Gasteiger partial charge in [-0.15, -0.1) is 0 Å². The molecule has 1 atom stereocenters. The molecule has 0 bridgehead atoms. The van der Waals surface area contributed by atoms with Crippen molar-refractivity contribution in [3.63, 3.8) is 0 Å². The molecule has 2 heterocycles. The van der Waals surface area contributed by atoms with E-state index in [1.54, 1.807) is 6.20 Å². The zero-order chi connectivity index (χ0) is 8.39. The van der Waals surface area contributed by atoms with Crippen LogP contribution in [0.25, 0.3) is 0 Å². The molecular formula is C9H15N3. The number of nitrogens with zero attached hydrogens (tertiary/aromatic N) is 2. The normalized spacial score (nSPS) is 30.7. The molecule has 0 amide bonds. The van der Waals surface area contributed by atoms with Gasteiger partial charge in [-0.1, -0.05) is 0 Å². The summed E-state index contributed by atoms with van der Waals surface area (Å²) < 4.78 is 0. The molecule has 0 saturated carbocycles. The number of nitrogens with two attached hydrogens (primary N) is 1. The van der Waals surface area contributed by atoms with Crippen molar-refractivity contribution < 1.29 is 0 Å². The number of likely N-dealkylation sites (tertiary alicyclic amines) is 1. The van der Waals surface area contributed by atoms with Crippen molar-refractivity contribution in [2.75, 3.05) is 13.1 Å². The van der Waals surface area contributed by atoms with E-state index in [4.69, 9.17) is 5.73 Å². The zero-order valence-corrected chi connectivity index (χ0v) is 7.24. The van der Waals surface area contributed by atoms with E-state index in [1.807, 2.05) is 6.21 Å². The van der Waals surface area contributed by atoms with E-state index in [9.17, 15) is 0 Å². The fourth-order valence-electron chi connectivity index (χ4n) is 1.93. The first-order chi connectivity index (χ1) is 5.88. The lowest BCUT2D eigenvalue weighted by Crippen LogP contribution is -2.38. The van der Waals surface area contributed by atoms with E-state index in [0.717, 1.165) is 12.1 Å². The fraction of sp³-hybridized carbons (Fsp3) is 0.667. The second-order valence-electron chi connectivity index (χ2n) is 3.46. The highest BCUT2D eigenvalue weighted by atomic mass is 15.2. The minimum Gasteiger partial charge on any atom is -0.399 e. The lowest BCUT2D eigenvalue weighted by Gasteiger charge is -2.27. The maximum Gasteiger partial charge on any atom is 0.0558 e. The Balaban J connectivity index is 2.03. The van der Waals surface area contributed by atoms with Crippen LogP contribution in [0.15, 0.2) is 16.9 Å². The third-order valence-electron chi connectivity index (χ3n) is 2.62. The summed E-state index contributed by atoms with van der Waals surface area (Å²) in [6, 6.07) is 0.435. The molecule has 12 heavy (non-hydrogen) atoms. The van der Waals surface area contributed by atoms with Crippen LogP contribution in [0.2, 0.25) is 0 Å². The molecule has 2 aliphatic heterocycles. The number of hydrogen-bond acceptors (Lipinski definition) is 3. The average molecular weight is 165 g/mol. The Morgan fingerprint density at radius 2 is 2.17 bits per heavy atom. The first kappa shape index (κ1) is 7.80. The van der Waals surface area contributed by atoms with Crippen LogP contribution in [0, 0.1) is 0 Å². The van der Waals surface area contributed by atoms with Gasteiger partial charge in [0.15, 0.2) is 0 Å². The van der Waals surface area contributed by atoms with Crippen molar-refractivity contribution in [3.8, 4) is 0 Å². The Bertz CT molecular complexity index is 214. The van der Waals surface area contributed by atoms with E-state index in [0.29, 0.717) is 6.04 Å². The van der Waals surface area contributed by atoms with Gasteiger partial charge in [-0.3, -0.25) is 9.89 Å². The van der Waals surface area contributed by atoms with E-state index in [-0.39, 0.29) is 0 Å². The molecule has 3 nitrogen and oxygen atoms in total. The maximum absolute atomic E-state index is 5.86. The predicted molar refractivity (Wildman–Crippen MR) is 50.0 cm³/mol. The lowest BCUT2D eigenvalue weighted by atomic mass is 10.1. The van der Waals surface area contributed by atoms with Crippen molar-refractivity contribution in [1.82, 2.24) is 4.90 Å². The summed E-state index contributed by atoms with van der Waals surface area (Å²) in [5, 5.41) is 0. The summed E-state index contributed by atoms with van der Waals surface area (Å²) in [6.45, 7) is 2.40. The molecule has 0 aromatic rings. The van der Waals surface area contributed by atoms with Gasteiger partial charge in [0, 0.05) is 24.5 Å². The Morgan fingerprint density at radius 1 is 1.42 bits per heavy atom. The monoisotopic (exact) mass is 165 g/mol. The van der Waals surface area contributed by atoms with E-state index >= 15 is 0 Å². The van der Waals surface area contributed by atoms with Gasteiger partial charge in [0.2, 0.25) is 0 Å². The number of hydrogen-bond donors (Lipinski definition) is 1. The number of rotatable bonds is 1. The molecule has 66 valence electrons. The van der Waals surface area contributed by atoms with Crippen LogP contribution in [0.5, 0.6) is 0 Å². The SMILES string of the molecule is NC1=CN=CCC1N1CCCC1. The summed E-state index contributed by atoms with van der Waals surface area (Å²) in [6.07, 6.45) is 7.37. The van der Waals surface area contributed by atoms with Gasteiger partial charge in [0.25, 0.3) is 0 Å². The van der Waals surface area contributed by atoms with Crippen molar-refractivity contribution in [1.29, 1.82) is 0 Å². The third-order valence-corrected chi connectivity index (χ3v) is 2.62. The van der Waals surface area contributed by atoms with Crippen molar-refractivity contribution >= 4 is 6.21 Å². The summed E-state index contributed by atoms with van der Waals surface area (Å²) >= 11 is 0. The Kier molecular flexibility index (Phi) is 2.13. The minimum absolute atomic E-state index is 0.435. The highest BCUT2D eigenvalue weighted by Gasteiger charge is 2.23. The molecule has 2 aliphatic rings. The van der Waals surface area contributed by atoms with Crippen LogP contribution in [0.1, 0.15) is 19.3 Å². The molecule has 0 spiro atoms. The molecule has 0 aromatic carbocycles. The zero-order valence-electron chi connectivity index (χ0n) is 7.24. The van der Waals surface area contributed by atoms with Crippen molar-refractivity contribution in [2.45, 2.75) is 25.3 Å². The standard InChI is InChI=1S/C9H15N3/c10-8-7-11-4-3-9(8)12-5-1-2-6-12/h4,7,9H,1-3,5-6,10H2. The quantitative estimate of drug-likeness (QED) is 0.622. The first-order valence-corrected chi connectivity index (χ1v) is 4.59. The molecule has 0 aliphatic carbocycles. The van der Waals surface area contributed by atoms with Crippen molar-refractivity contribution in [2.24, 2.45) is 10.7 Å². The van der Waals surface area contributed by atoms with Crippen LogP contribution in [-0.2, 0) is 0 Å². The lowest BCUT2D eigenvalue weighted by molar-refractivity contribution is 0.276. The molecule has 1 unspecified atom stereocenters. The molecule has 3 heteroatoms. The molecule has 0 aromatic heterocycles. The van der Waals surface area contributed by atoms with Crippen LogP contribution >= 0.6 is 0 Å². The summed E-state index contributed by atoms with van der Waals surface area (Å²) in [7, 11) is 0. The van der Waals surface area contributed by atoms with Gasteiger partial charge in [-0.2, -0.15) is 0 Å². The van der Waals surface area contributed by atoms with Crippen LogP contribution in [-0.4, -0.2) is 30.2 Å². The highest BCUT2D eigenvalue weighted by Crippen LogP contribution is 2.18. The summed E-state index contributed by atoms with van der Waals surface area (Å²) in [4.78, 5) is 6.50. The van der Waals surface area contributed by atoms with Gasteiger partial charge in [0.1, 0.15) is 0 Å². The molecule has 1 saturated heterocycles. The minimum atomic E-state index is 0.435. The van der Waals surface area contributed by atoms with Gasteiger partial charge < -0.3 is 5.73 Å². The Morgan fingerprint density at radius 3 is 2.83 bits per heavy atom. The molecular weight excluding hydrogens is 150 g/mol. The fourth-order valence-corrected chi connectivity index (χ4v) is 1.93. The van der Waals surface area contributed by atoms with E-state index in [1.165, 1.54) is 25.9 Å². The topological polar surface area (TPSA) is 41.6 Å². The largest absolute Gasteiger partial charge is 0.399 e. The highest BCUT2D eigenvalue weighted by molar-refractivity contribution is 5.61. The smallest absolute Gasteiger partial charge is 0.0558 e. The van der Waals surface area contributed by atoms with Crippen LogP contribution in [0.3, 0.4) is 0 Å². The van der Waals surface area contributed by atoms with Gasteiger partial charge in [0.05, 0.1) is 6.04 Å². The second-order valence-corrected chi connectivity index (χ2v) is 3.46. The second kappa shape index (κ2) is 3.27. The molecule has 0 radical (unpaired) electrons. The molecule has 1 fully saturated rings. The third kappa shape index (κ3) is 1.37. The van der Waals surface area contributed by atoms with E-state index in [2.05, 4.69) is 9.89 Å². The first-order valence-electron chi connectivity index (χ1n) is 4.59. The Hall–Kier alpha value is -0.830. The number of aliphatic imine (C=N–C) groups is 1. The summed E-state index contributed by atoms with van der Waals surface area (Å²) in [5.41, 5.74) is 6.79. The Labute approximate surface area is 73.0 Å². The van der Waals surface area contributed by atoms with Crippen LogP contribution in [0.4, 0.5) is 0 Å². The van der Waals surface area contributed by atoms with E-state index < -0.39 is 0 Å². The predicted octanol–water partition coefficient (Wildman–Crippen LogP) is 0.725. The van der Waals surface area contributed by atoms with Crippen LogP contribution < -0.4 is 5.73 Å². The molecule has 2 N–H and O–H groups in total. The average Bonchev–Trinajstić information content (AvgIpc) is 2.57. The maximum atomic E-state index is 5.86. The summed E-state index contributed by atoms with van der Waals surface area (Å²) in [5.74, 6) is 0. The molecule has 2 rings (SSSR count). The van der Waals surface area contributed by atoms with Gasteiger partial charge >= 0.3 is 0 Å². The van der Waals surface area contributed by atoms with Crippen molar-refractivity contribution in [3.05, 3.63) is 11.9 Å². The van der Waals surface area contributed by atoms with Gasteiger partial charge in [-0.25, -0.2) is 0 Å².